The Morgan fingerprint density at radius 1 is 1.18 bits per heavy atom. The van der Waals surface area contributed by atoms with Gasteiger partial charge >= 0.3 is 0 Å². The Morgan fingerprint density at radius 3 is 2.58 bits per heavy atom. The predicted octanol–water partition coefficient (Wildman–Crippen LogP) is 3.13. The second-order valence-corrected chi connectivity index (χ2v) is 8.93. The van der Waals surface area contributed by atoms with Crippen LogP contribution in [0.2, 0.25) is 0 Å². The standard InChI is InChI=1S/C24H37N5O3.HI/c1-4-25-23(27-17-24(12-5-6-13-24)22(31)29(2)3)26-16-18-9-7-10-19(15-18)28-21(30)20-11-8-14-32-20;/h7,9-10,15,20H,4-6,8,11-14,16-17H2,1-3H3,(H,28,30)(H2,25,26,27);1H. The first-order valence-corrected chi connectivity index (χ1v) is 11.7. The number of aliphatic imine (C=N–C) groups is 1. The van der Waals surface area contributed by atoms with Gasteiger partial charge in [-0.1, -0.05) is 25.0 Å². The Hall–Kier alpha value is -1.88. The van der Waals surface area contributed by atoms with E-state index in [1.807, 2.05) is 45.3 Å². The third kappa shape index (κ3) is 7.56. The number of halogens is 1. The number of nitrogens with zero attached hydrogens (tertiary/aromatic N) is 2. The zero-order chi connectivity index (χ0) is 23.0. The van der Waals surface area contributed by atoms with E-state index >= 15 is 0 Å². The first kappa shape index (κ1) is 27.4. The Kier molecular flexibility index (Phi) is 10.9. The molecule has 3 N–H and O–H groups in total. The average Bonchev–Trinajstić information content (AvgIpc) is 3.48. The topological polar surface area (TPSA) is 95.1 Å². The van der Waals surface area contributed by atoms with E-state index in [0.717, 1.165) is 56.3 Å². The third-order valence-electron chi connectivity index (χ3n) is 6.20. The highest BCUT2D eigenvalue weighted by Crippen LogP contribution is 2.38. The fourth-order valence-corrected chi connectivity index (χ4v) is 4.51. The maximum Gasteiger partial charge on any atom is 0.253 e. The van der Waals surface area contributed by atoms with Crippen molar-refractivity contribution in [2.45, 2.75) is 58.1 Å². The fourth-order valence-electron chi connectivity index (χ4n) is 4.51. The van der Waals surface area contributed by atoms with Crippen molar-refractivity contribution in [1.82, 2.24) is 15.5 Å². The number of hydrogen-bond acceptors (Lipinski definition) is 4. The number of benzene rings is 1. The molecule has 1 heterocycles. The first-order chi connectivity index (χ1) is 15.4. The quantitative estimate of drug-likeness (QED) is 0.253. The number of rotatable bonds is 8. The number of carbonyl (C=O) groups is 2. The molecule has 2 aliphatic rings. The van der Waals surface area contributed by atoms with Crippen LogP contribution >= 0.6 is 24.0 Å². The summed E-state index contributed by atoms with van der Waals surface area (Å²) in [5, 5.41) is 9.61. The summed E-state index contributed by atoms with van der Waals surface area (Å²) in [5.41, 5.74) is 1.39. The molecule has 1 saturated carbocycles. The summed E-state index contributed by atoms with van der Waals surface area (Å²) >= 11 is 0. The predicted molar refractivity (Wildman–Crippen MR) is 142 cm³/mol. The molecule has 0 bridgehead atoms. The third-order valence-corrected chi connectivity index (χ3v) is 6.20. The van der Waals surface area contributed by atoms with Crippen molar-refractivity contribution in [1.29, 1.82) is 0 Å². The minimum absolute atomic E-state index is 0. The van der Waals surface area contributed by atoms with Crippen molar-refractivity contribution in [2.75, 3.05) is 39.1 Å². The fraction of sp³-hybridized carbons (Fsp3) is 0.625. The Bertz CT molecular complexity index is 818. The number of guanidine groups is 1. The number of anilines is 1. The number of ether oxygens (including phenoxy) is 1. The second kappa shape index (κ2) is 13.1. The van der Waals surface area contributed by atoms with Gasteiger partial charge in [0, 0.05) is 39.5 Å². The van der Waals surface area contributed by atoms with Crippen molar-refractivity contribution in [3.05, 3.63) is 29.8 Å². The normalized spacial score (nSPS) is 19.5. The van der Waals surface area contributed by atoms with Crippen LogP contribution in [0.4, 0.5) is 5.69 Å². The van der Waals surface area contributed by atoms with E-state index in [1.165, 1.54) is 0 Å². The van der Waals surface area contributed by atoms with Crippen LogP contribution in [-0.4, -0.2) is 62.6 Å². The van der Waals surface area contributed by atoms with Crippen molar-refractivity contribution in [3.8, 4) is 0 Å². The van der Waals surface area contributed by atoms with E-state index in [4.69, 9.17) is 9.73 Å². The molecule has 1 aromatic carbocycles. The van der Waals surface area contributed by atoms with Gasteiger partial charge in [0.25, 0.3) is 5.91 Å². The van der Waals surface area contributed by atoms with Crippen molar-refractivity contribution in [3.63, 3.8) is 0 Å². The van der Waals surface area contributed by atoms with Crippen molar-refractivity contribution in [2.24, 2.45) is 10.4 Å². The smallest absolute Gasteiger partial charge is 0.253 e. The van der Waals surface area contributed by atoms with E-state index in [-0.39, 0.29) is 47.3 Å². The van der Waals surface area contributed by atoms with Crippen LogP contribution in [0.1, 0.15) is 51.0 Å². The molecule has 9 heteroatoms. The summed E-state index contributed by atoms with van der Waals surface area (Å²) in [6.07, 6.45) is 5.32. The molecule has 3 rings (SSSR count). The van der Waals surface area contributed by atoms with E-state index in [0.29, 0.717) is 25.7 Å². The van der Waals surface area contributed by atoms with Gasteiger partial charge in [-0.2, -0.15) is 0 Å². The van der Waals surface area contributed by atoms with Gasteiger partial charge in [0.1, 0.15) is 6.10 Å². The Labute approximate surface area is 214 Å². The number of hydrogen-bond donors (Lipinski definition) is 3. The summed E-state index contributed by atoms with van der Waals surface area (Å²) < 4.78 is 5.45. The number of carbonyl (C=O) groups excluding carboxylic acids is 2. The molecule has 1 aliphatic carbocycles. The monoisotopic (exact) mass is 571 g/mol. The number of nitrogens with one attached hydrogen (secondary N) is 3. The highest BCUT2D eigenvalue weighted by molar-refractivity contribution is 14.0. The van der Waals surface area contributed by atoms with E-state index < -0.39 is 0 Å². The molecule has 1 atom stereocenters. The van der Waals surface area contributed by atoms with Crippen molar-refractivity contribution < 1.29 is 14.3 Å². The molecule has 0 spiro atoms. The van der Waals surface area contributed by atoms with Gasteiger partial charge in [-0.3, -0.25) is 9.59 Å². The van der Waals surface area contributed by atoms with Crippen LogP contribution in [0.25, 0.3) is 0 Å². The average molecular weight is 572 g/mol. The highest BCUT2D eigenvalue weighted by Gasteiger charge is 2.42. The van der Waals surface area contributed by atoms with Crippen molar-refractivity contribution >= 4 is 47.4 Å². The first-order valence-electron chi connectivity index (χ1n) is 11.7. The van der Waals surface area contributed by atoms with Gasteiger partial charge in [-0.15, -0.1) is 24.0 Å². The lowest BCUT2D eigenvalue weighted by atomic mass is 9.84. The van der Waals surface area contributed by atoms with Crippen LogP contribution in [0.3, 0.4) is 0 Å². The molecule has 2 fully saturated rings. The molecule has 8 nitrogen and oxygen atoms in total. The SMILES string of the molecule is CCNC(=NCc1cccc(NC(=O)C2CCCO2)c1)NCC1(C(=O)N(C)C)CCCC1.I. The highest BCUT2D eigenvalue weighted by atomic mass is 127. The molecule has 0 radical (unpaired) electrons. The molecule has 1 unspecified atom stereocenters. The Balaban J connectivity index is 0.00000385. The van der Waals surface area contributed by atoms with Crippen LogP contribution in [0, 0.1) is 5.41 Å². The van der Waals surface area contributed by atoms with Gasteiger partial charge in [0.05, 0.1) is 12.0 Å². The maximum absolute atomic E-state index is 12.8. The van der Waals surface area contributed by atoms with Crippen LogP contribution in [0.15, 0.2) is 29.3 Å². The zero-order valence-corrected chi connectivity index (χ0v) is 22.3. The number of amides is 2. The lowest BCUT2D eigenvalue weighted by Crippen LogP contribution is -2.49. The molecule has 2 amide bonds. The minimum Gasteiger partial charge on any atom is -0.368 e. The largest absolute Gasteiger partial charge is 0.368 e. The minimum atomic E-state index is -0.355. The zero-order valence-electron chi connectivity index (χ0n) is 20.0. The molecule has 1 saturated heterocycles. The summed E-state index contributed by atoms with van der Waals surface area (Å²) in [7, 11) is 3.65. The van der Waals surface area contributed by atoms with Gasteiger partial charge in [0.2, 0.25) is 5.91 Å². The van der Waals surface area contributed by atoms with E-state index in [9.17, 15) is 9.59 Å². The summed E-state index contributed by atoms with van der Waals surface area (Å²) in [6.45, 7) is 4.45. The molecule has 0 aromatic heterocycles. The van der Waals surface area contributed by atoms with Gasteiger partial charge in [-0.05, 0) is 50.3 Å². The molecule has 33 heavy (non-hydrogen) atoms. The van der Waals surface area contributed by atoms with Gasteiger partial charge < -0.3 is 25.6 Å². The van der Waals surface area contributed by atoms with Gasteiger partial charge in [0.15, 0.2) is 5.96 Å². The van der Waals surface area contributed by atoms with E-state index in [1.54, 1.807) is 4.90 Å². The maximum atomic E-state index is 12.8. The molecule has 1 aliphatic heterocycles. The molecule has 184 valence electrons. The molecular formula is C24H38IN5O3. The molecule has 1 aromatic rings. The van der Waals surface area contributed by atoms with Crippen LogP contribution in [-0.2, 0) is 20.9 Å². The lowest BCUT2D eigenvalue weighted by Gasteiger charge is -2.31. The van der Waals surface area contributed by atoms with Crippen LogP contribution < -0.4 is 16.0 Å². The van der Waals surface area contributed by atoms with Gasteiger partial charge in [-0.25, -0.2) is 4.99 Å². The lowest BCUT2D eigenvalue weighted by molar-refractivity contribution is -0.138. The molecular weight excluding hydrogens is 533 g/mol. The summed E-state index contributed by atoms with van der Waals surface area (Å²) in [6, 6.07) is 7.72. The summed E-state index contributed by atoms with van der Waals surface area (Å²) in [4.78, 5) is 31.5. The van der Waals surface area contributed by atoms with Crippen LogP contribution in [0.5, 0.6) is 0 Å². The Morgan fingerprint density at radius 2 is 1.94 bits per heavy atom. The second-order valence-electron chi connectivity index (χ2n) is 8.93. The van der Waals surface area contributed by atoms with E-state index in [2.05, 4.69) is 16.0 Å². The summed E-state index contributed by atoms with van der Waals surface area (Å²) in [5.74, 6) is 0.790.